The zero-order valence-corrected chi connectivity index (χ0v) is 11.4. The van der Waals surface area contributed by atoms with Crippen LogP contribution >= 0.6 is 0 Å². The van der Waals surface area contributed by atoms with Gasteiger partial charge >= 0.3 is 5.97 Å². The maximum atomic E-state index is 11.5. The molecule has 1 rings (SSSR count). The van der Waals surface area contributed by atoms with Crippen molar-refractivity contribution in [3.63, 3.8) is 0 Å². The van der Waals surface area contributed by atoms with Gasteiger partial charge in [-0.15, -0.1) is 0 Å². The fraction of sp³-hybridized carbons (Fsp3) is 0.923. The number of carbonyl (C=O) groups is 1. The number of piperidine rings is 1. The Morgan fingerprint density at radius 3 is 2.65 bits per heavy atom. The molecule has 1 aliphatic rings. The smallest absolute Gasteiger partial charge is 0.309 e. The number of methoxy groups -OCH3 is 1. The number of esters is 1. The lowest BCUT2D eigenvalue weighted by atomic mass is 10.0. The molecule has 1 N–H and O–H groups in total. The van der Waals surface area contributed by atoms with Gasteiger partial charge in [-0.3, -0.25) is 9.69 Å². The Bertz CT molecular complexity index is 227. The Hall–Kier alpha value is -0.610. The van der Waals surface area contributed by atoms with Crippen molar-refractivity contribution in [1.29, 1.82) is 0 Å². The van der Waals surface area contributed by atoms with Crippen molar-refractivity contribution in [3.8, 4) is 0 Å². The van der Waals surface area contributed by atoms with E-state index in [0.717, 1.165) is 32.6 Å². The minimum absolute atomic E-state index is 0.0264. The van der Waals surface area contributed by atoms with Crippen LogP contribution < -0.4 is 5.32 Å². The molecular weight excluding hydrogens is 216 g/mol. The second kappa shape index (κ2) is 7.67. The predicted molar refractivity (Wildman–Crippen MR) is 68.9 cm³/mol. The van der Waals surface area contributed by atoms with Crippen molar-refractivity contribution in [1.82, 2.24) is 10.2 Å². The number of hydrogen-bond donors (Lipinski definition) is 1. The van der Waals surface area contributed by atoms with E-state index in [1.54, 1.807) is 0 Å². The van der Waals surface area contributed by atoms with Crippen molar-refractivity contribution in [2.75, 3.05) is 33.3 Å². The lowest BCUT2D eigenvalue weighted by molar-refractivity contribution is -0.145. The molecule has 1 aliphatic heterocycles. The number of nitrogens with zero attached hydrogens (tertiary/aromatic N) is 1. The Kier molecular flexibility index (Phi) is 6.52. The van der Waals surface area contributed by atoms with E-state index in [4.69, 9.17) is 4.74 Å². The summed E-state index contributed by atoms with van der Waals surface area (Å²) in [5.41, 5.74) is 0. The third-order valence-electron chi connectivity index (χ3n) is 3.45. The molecule has 1 fully saturated rings. The number of ether oxygens (including phenoxy) is 1. The van der Waals surface area contributed by atoms with Crippen molar-refractivity contribution in [2.24, 2.45) is 5.92 Å². The van der Waals surface area contributed by atoms with Crippen LogP contribution in [0.4, 0.5) is 0 Å². The second-order valence-electron chi connectivity index (χ2n) is 4.90. The molecule has 0 bridgehead atoms. The van der Waals surface area contributed by atoms with E-state index in [1.807, 2.05) is 6.92 Å². The van der Waals surface area contributed by atoms with Crippen LogP contribution in [0.1, 0.15) is 33.1 Å². The summed E-state index contributed by atoms with van der Waals surface area (Å²) in [6.45, 7) is 8.23. The van der Waals surface area contributed by atoms with Crippen molar-refractivity contribution < 1.29 is 9.53 Å². The molecule has 1 heterocycles. The molecule has 0 aromatic rings. The minimum atomic E-state index is -0.0972. The van der Waals surface area contributed by atoms with E-state index < -0.39 is 0 Å². The average molecular weight is 242 g/mol. The van der Waals surface area contributed by atoms with Crippen LogP contribution in [0.15, 0.2) is 0 Å². The topological polar surface area (TPSA) is 41.6 Å². The third-order valence-corrected chi connectivity index (χ3v) is 3.45. The highest BCUT2D eigenvalue weighted by molar-refractivity contribution is 5.72. The first-order valence-electron chi connectivity index (χ1n) is 6.71. The van der Waals surface area contributed by atoms with Crippen LogP contribution in [0, 0.1) is 5.92 Å². The van der Waals surface area contributed by atoms with Gasteiger partial charge in [0.25, 0.3) is 0 Å². The number of hydrogen-bond acceptors (Lipinski definition) is 4. The third kappa shape index (κ3) is 4.64. The lowest BCUT2D eigenvalue weighted by Crippen LogP contribution is -2.46. The predicted octanol–water partition coefficient (Wildman–Crippen LogP) is 1.26. The van der Waals surface area contributed by atoms with Crippen LogP contribution in [0.2, 0.25) is 0 Å². The largest absolute Gasteiger partial charge is 0.469 e. The molecule has 1 unspecified atom stereocenters. The molecule has 0 aromatic carbocycles. The summed E-state index contributed by atoms with van der Waals surface area (Å²) in [4.78, 5) is 13.9. The van der Waals surface area contributed by atoms with Crippen molar-refractivity contribution >= 4 is 5.97 Å². The molecule has 0 aromatic heterocycles. The molecule has 0 radical (unpaired) electrons. The highest BCUT2D eigenvalue weighted by Crippen LogP contribution is 2.15. The van der Waals surface area contributed by atoms with Gasteiger partial charge in [0.2, 0.25) is 0 Å². The zero-order valence-electron chi connectivity index (χ0n) is 11.4. The second-order valence-corrected chi connectivity index (χ2v) is 4.90. The highest BCUT2D eigenvalue weighted by atomic mass is 16.5. The summed E-state index contributed by atoms with van der Waals surface area (Å²) in [5.74, 6) is -0.124. The quantitative estimate of drug-likeness (QED) is 0.712. The fourth-order valence-corrected chi connectivity index (χ4v) is 2.51. The summed E-state index contributed by atoms with van der Waals surface area (Å²) in [6, 6.07) is 0.628. The van der Waals surface area contributed by atoms with E-state index in [0.29, 0.717) is 6.04 Å². The molecule has 1 atom stereocenters. The summed E-state index contributed by atoms with van der Waals surface area (Å²) in [5, 5.41) is 3.38. The first-order chi connectivity index (χ1) is 8.19. The van der Waals surface area contributed by atoms with Gasteiger partial charge in [0.1, 0.15) is 0 Å². The molecule has 4 nitrogen and oxygen atoms in total. The summed E-state index contributed by atoms with van der Waals surface area (Å²) in [7, 11) is 1.47. The Balaban J connectivity index is 2.49. The Labute approximate surface area is 105 Å². The van der Waals surface area contributed by atoms with Crippen LogP contribution in [-0.4, -0.2) is 50.2 Å². The normalized spacial score (nSPS) is 19.3. The SMILES string of the molecule is CCCN(CC(C)C(=O)OC)C1CCNCC1. The number of rotatable bonds is 6. The van der Waals surface area contributed by atoms with Gasteiger partial charge in [0.15, 0.2) is 0 Å². The molecule has 0 amide bonds. The monoisotopic (exact) mass is 242 g/mol. The molecular formula is C13H26N2O2. The molecule has 0 aliphatic carbocycles. The first-order valence-corrected chi connectivity index (χ1v) is 6.71. The molecule has 1 saturated heterocycles. The van der Waals surface area contributed by atoms with E-state index in [1.165, 1.54) is 20.0 Å². The zero-order chi connectivity index (χ0) is 12.7. The summed E-state index contributed by atoms with van der Waals surface area (Å²) < 4.78 is 4.80. The Morgan fingerprint density at radius 2 is 2.12 bits per heavy atom. The molecule has 100 valence electrons. The molecule has 17 heavy (non-hydrogen) atoms. The lowest BCUT2D eigenvalue weighted by Gasteiger charge is -2.35. The van der Waals surface area contributed by atoms with Gasteiger partial charge in [-0.1, -0.05) is 13.8 Å². The van der Waals surface area contributed by atoms with E-state index in [2.05, 4.69) is 17.1 Å². The van der Waals surface area contributed by atoms with Crippen molar-refractivity contribution in [3.05, 3.63) is 0 Å². The summed E-state index contributed by atoms with van der Waals surface area (Å²) in [6.07, 6.45) is 3.51. The average Bonchev–Trinajstić information content (AvgIpc) is 2.38. The van der Waals surface area contributed by atoms with Crippen LogP contribution in [0.25, 0.3) is 0 Å². The molecule has 0 spiro atoms. The minimum Gasteiger partial charge on any atom is -0.469 e. The maximum Gasteiger partial charge on any atom is 0.309 e. The summed E-state index contributed by atoms with van der Waals surface area (Å²) >= 11 is 0. The van der Waals surface area contributed by atoms with Crippen LogP contribution in [0.3, 0.4) is 0 Å². The first kappa shape index (κ1) is 14.5. The van der Waals surface area contributed by atoms with Gasteiger partial charge in [-0.2, -0.15) is 0 Å². The van der Waals surface area contributed by atoms with Gasteiger partial charge in [-0.25, -0.2) is 0 Å². The fourth-order valence-electron chi connectivity index (χ4n) is 2.51. The van der Waals surface area contributed by atoms with Gasteiger partial charge in [0.05, 0.1) is 13.0 Å². The number of nitrogens with one attached hydrogen (secondary N) is 1. The highest BCUT2D eigenvalue weighted by Gasteiger charge is 2.24. The van der Waals surface area contributed by atoms with Crippen LogP contribution in [-0.2, 0) is 9.53 Å². The van der Waals surface area contributed by atoms with Crippen LogP contribution in [0.5, 0.6) is 0 Å². The van der Waals surface area contributed by atoms with Crippen molar-refractivity contribution in [2.45, 2.75) is 39.2 Å². The maximum absolute atomic E-state index is 11.5. The molecule has 4 heteroatoms. The number of carbonyl (C=O) groups excluding carboxylic acids is 1. The van der Waals surface area contributed by atoms with Gasteiger partial charge in [-0.05, 0) is 38.9 Å². The van der Waals surface area contributed by atoms with E-state index in [-0.39, 0.29) is 11.9 Å². The van der Waals surface area contributed by atoms with E-state index >= 15 is 0 Å². The van der Waals surface area contributed by atoms with Gasteiger partial charge < -0.3 is 10.1 Å². The van der Waals surface area contributed by atoms with Gasteiger partial charge in [0, 0.05) is 12.6 Å². The van der Waals surface area contributed by atoms with E-state index in [9.17, 15) is 4.79 Å². The Morgan fingerprint density at radius 1 is 1.47 bits per heavy atom. The standard InChI is InChI=1S/C13H26N2O2/c1-4-9-15(10-11(2)13(16)17-3)12-5-7-14-8-6-12/h11-12,14H,4-10H2,1-3H3. The molecule has 0 saturated carbocycles.